The predicted molar refractivity (Wildman–Crippen MR) is 154 cm³/mol. The topological polar surface area (TPSA) is 159 Å². The number of carboxylic acids is 2. The first-order chi connectivity index (χ1) is 19.4. The lowest BCUT2D eigenvalue weighted by atomic mass is 9.89. The number of aliphatic carboxylic acids is 2. The van der Waals surface area contributed by atoms with Crippen molar-refractivity contribution in [2.45, 2.75) is 104 Å². The zero-order valence-corrected chi connectivity index (χ0v) is 25.4. The lowest BCUT2D eigenvalue weighted by Gasteiger charge is -2.29. The van der Waals surface area contributed by atoms with Gasteiger partial charge < -0.3 is 26.6 Å². The van der Waals surface area contributed by atoms with Crippen LogP contribution in [-0.4, -0.2) is 58.3 Å². The standard InChI is InChI=1S/C28H47N3O4.C2HF3O2/c1-7-11-23(28(34)35)16-21(6)30-26(32)19(4)14-25(18(2)3)31-27(33)24(15-20(5)29)17-22-12-9-8-10-13-22;3-2(4,5)1(6)7/h8-10,12-13,18-21,23-25H,7,11,14-17,29H2,1-6H3,(H,30,32)(H,31,33)(H,34,35);(H,6,7)/t19-,20-,21+,23+,24-,25-;/m1./s1. The van der Waals surface area contributed by atoms with Crippen LogP contribution in [0.4, 0.5) is 13.2 Å². The van der Waals surface area contributed by atoms with Gasteiger partial charge in [-0.3, -0.25) is 14.4 Å². The maximum absolute atomic E-state index is 13.3. The summed E-state index contributed by atoms with van der Waals surface area (Å²) >= 11 is 0. The van der Waals surface area contributed by atoms with Crippen LogP contribution in [0.15, 0.2) is 30.3 Å². The molecule has 0 fully saturated rings. The van der Waals surface area contributed by atoms with Crippen LogP contribution in [-0.2, 0) is 25.6 Å². The average molecular weight is 604 g/mol. The van der Waals surface area contributed by atoms with Gasteiger partial charge in [0.05, 0.1) is 5.92 Å². The van der Waals surface area contributed by atoms with Gasteiger partial charge in [-0.15, -0.1) is 0 Å². The highest BCUT2D eigenvalue weighted by atomic mass is 19.4. The summed E-state index contributed by atoms with van der Waals surface area (Å²) in [6.07, 6.45) is -1.58. The van der Waals surface area contributed by atoms with E-state index in [1.165, 1.54) is 0 Å². The molecule has 1 aromatic rings. The first-order valence-corrected chi connectivity index (χ1v) is 14.3. The van der Waals surface area contributed by atoms with Gasteiger partial charge >= 0.3 is 18.1 Å². The number of rotatable bonds is 16. The molecule has 9 nitrogen and oxygen atoms in total. The maximum Gasteiger partial charge on any atom is 0.490 e. The Morgan fingerprint density at radius 1 is 0.857 bits per heavy atom. The van der Waals surface area contributed by atoms with E-state index in [1.807, 2.05) is 71.9 Å². The van der Waals surface area contributed by atoms with E-state index in [0.29, 0.717) is 32.1 Å². The third-order valence-electron chi connectivity index (χ3n) is 6.80. The Kier molecular flexibility index (Phi) is 17.7. The fourth-order valence-electron chi connectivity index (χ4n) is 4.48. The van der Waals surface area contributed by atoms with Crippen LogP contribution in [0.25, 0.3) is 0 Å². The van der Waals surface area contributed by atoms with E-state index in [1.54, 1.807) is 0 Å². The van der Waals surface area contributed by atoms with Gasteiger partial charge in [0.15, 0.2) is 0 Å². The highest BCUT2D eigenvalue weighted by molar-refractivity contribution is 5.80. The molecule has 2 amide bonds. The van der Waals surface area contributed by atoms with Gasteiger partial charge in [0.1, 0.15) is 0 Å². The Balaban J connectivity index is 0.00000212. The number of amides is 2. The monoisotopic (exact) mass is 603 g/mol. The van der Waals surface area contributed by atoms with Gasteiger partial charge in [-0.05, 0) is 57.4 Å². The predicted octanol–water partition coefficient (Wildman–Crippen LogP) is 4.78. The van der Waals surface area contributed by atoms with E-state index in [-0.39, 0.29) is 47.7 Å². The van der Waals surface area contributed by atoms with Crippen molar-refractivity contribution >= 4 is 23.8 Å². The van der Waals surface area contributed by atoms with Gasteiger partial charge in [0, 0.05) is 30.0 Å². The van der Waals surface area contributed by atoms with E-state index in [4.69, 9.17) is 15.6 Å². The van der Waals surface area contributed by atoms with Gasteiger partial charge in [-0.1, -0.05) is 64.4 Å². The molecule has 0 bridgehead atoms. The molecule has 6 N–H and O–H groups in total. The van der Waals surface area contributed by atoms with Gasteiger partial charge in [0.25, 0.3) is 0 Å². The minimum absolute atomic E-state index is 0.0327. The maximum atomic E-state index is 13.3. The van der Waals surface area contributed by atoms with E-state index in [0.717, 1.165) is 12.0 Å². The van der Waals surface area contributed by atoms with Crippen LogP contribution in [0, 0.1) is 23.7 Å². The molecule has 6 atom stereocenters. The summed E-state index contributed by atoms with van der Waals surface area (Å²) in [5.41, 5.74) is 7.14. The van der Waals surface area contributed by atoms with Crippen molar-refractivity contribution in [2.75, 3.05) is 0 Å². The number of nitrogens with one attached hydrogen (secondary N) is 2. The Labute approximate surface area is 246 Å². The second-order valence-electron chi connectivity index (χ2n) is 11.4. The Morgan fingerprint density at radius 2 is 1.40 bits per heavy atom. The zero-order chi connectivity index (χ0) is 32.6. The molecule has 0 saturated carbocycles. The number of hydrogen-bond acceptors (Lipinski definition) is 5. The number of benzene rings is 1. The smallest absolute Gasteiger partial charge is 0.481 e. The van der Waals surface area contributed by atoms with Crippen molar-refractivity contribution in [2.24, 2.45) is 29.4 Å². The Bertz CT molecular complexity index is 973. The number of alkyl halides is 3. The van der Waals surface area contributed by atoms with Crippen molar-refractivity contribution in [1.29, 1.82) is 0 Å². The fourth-order valence-corrected chi connectivity index (χ4v) is 4.48. The highest BCUT2D eigenvalue weighted by Crippen LogP contribution is 2.20. The first-order valence-electron chi connectivity index (χ1n) is 14.3. The molecule has 0 saturated heterocycles. The average Bonchev–Trinajstić information content (AvgIpc) is 2.87. The van der Waals surface area contributed by atoms with Crippen molar-refractivity contribution in [3.8, 4) is 0 Å². The lowest BCUT2D eigenvalue weighted by Crippen LogP contribution is -2.46. The number of nitrogens with two attached hydrogens (primary N) is 1. The van der Waals surface area contributed by atoms with E-state index in [2.05, 4.69) is 10.6 Å². The van der Waals surface area contributed by atoms with Crippen LogP contribution in [0.5, 0.6) is 0 Å². The summed E-state index contributed by atoms with van der Waals surface area (Å²) in [5.74, 6) is -4.59. The molecule has 0 aromatic heterocycles. The van der Waals surface area contributed by atoms with Gasteiger partial charge in [-0.25, -0.2) is 4.79 Å². The summed E-state index contributed by atoms with van der Waals surface area (Å²) in [6, 6.07) is 9.44. The van der Waals surface area contributed by atoms with Crippen molar-refractivity contribution in [3.05, 3.63) is 35.9 Å². The van der Waals surface area contributed by atoms with Crippen molar-refractivity contribution < 1.29 is 42.6 Å². The molecule has 0 aliphatic carbocycles. The number of hydrogen-bond donors (Lipinski definition) is 5. The van der Waals surface area contributed by atoms with Crippen molar-refractivity contribution in [3.63, 3.8) is 0 Å². The Morgan fingerprint density at radius 3 is 1.83 bits per heavy atom. The van der Waals surface area contributed by atoms with Gasteiger partial charge in [0.2, 0.25) is 11.8 Å². The Hall–Kier alpha value is -3.15. The number of carboxylic acid groups (broad SMARTS) is 2. The fraction of sp³-hybridized carbons (Fsp3) is 0.667. The van der Waals surface area contributed by atoms with Crippen LogP contribution in [0.3, 0.4) is 0 Å². The quantitative estimate of drug-likeness (QED) is 0.182. The highest BCUT2D eigenvalue weighted by Gasteiger charge is 2.38. The first kappa shape index (κ1) is 38.9. The van der Waals surface area contributed by atoms with Crippen LogP contribution < -0.4 is 16.4 Å². The normalized spacial score (nSPS) is 15.7. The summed E-state index contributed by atoms with van der Waals surface area (Å²) < 4.78 is 31.7. The summed E-state index contributed by atoms with van der Waals surface area (Å²) in [4.78, 5) is 46.4. The SMILES string of the molecule is CCC[C@@H](C[C@H](C)NC(=O)[C@H](C)C[C@@H](NC(=O)[C@@H](Cc1ccccc1)C[C@@H](C)N)C(C)C)C(=O)O.O=C(O)C(F)(F)F. The molecular formula is C30H48F3N3O6. The largest absolute Gasteiger partial charge is 0.490 e. The minimum atomic E-state index is -5.08. The van der Waals surface area contributed by atoms with Crippen molar-refractivity contribution in [1.82, 2.24) is 10.6 Å². The molecule has 12 heteroatoms. The molecular weight excluding hydrogens is 555 g/mol. The van der Waals surface area contributed by atoms with Crippen LogP contribution >= 0.6 is 0 Å². The summed E-state index contributed by atoms with van der Waals surface area (Å²) in [6.45, 7) is 11.7. The minimum Gasteiger partial charge on any atom is -0.481 e. The number of halogens is 3. The molecule has 0 spiro atoms. The molecule has 1 aromatic carbocycles. The molecule has 0 heterocycles. The molecule has 0 radical (unpaired) electrons. The number of carbonyl (C=O) groups excluding carboxylic acids is 2. The molecule has 0 unspecified atom stereocenters. The molecule has 1 rings (SSSR count). The zero-order valence-electron chi connectivity index (χ0n) is 25.4. The van der Waals surface area contributed by atoms with E-state index >= 15 is 0 Å². The summed E-state index contributed by atoms with van der Waals surface area (Å²) in [7, 11) is 0. The third kappa shape index (κ3) is 16.3. The number of carbonyl (C=O) groups is 4. The van der Waals surface area contributed by atoms with Gasteiger partial charge in [-0.2, -0.15) is 13.2 Å². The molecule has 240 valence electrons. The van der Waals surface area contributed by atoms with E-state index < -0.39 is 24.0 Å². The second kappa shape index (κ2) is 19.1. The van der Waals surface area contributed by atoms with Crippen LogP contribution in [0.2, 0.25) is 0 Å². The summed E-state index contributed by atoms with van der Waals surface area (Å²) in [5, 5.41) is 22.7. The second-order valence-corrected chi connectivity index (χ2v) is 11.4. The van der Waals surface area contributed by atoms with E-state index in [9.17, 15) is 32.7 Å². The van der Waals surface area contributed by atoms with Crippen LogP contribution in [0.1, 0.15) is 79.2 Å². The molecule has 42 heavy (non-hydrogen) atoms. The molecule has 0 aliphatic rings. The lowest BCUT2D eigenvalue weighted by molar-refractivity contribution is -0.192. The third-order valence-corrected chi connectivity index (χ3v) is 6.80. The molecule has 0 aliphatic heterocycles.